The van der Waals surface area contributed by atoms with Crippen molar-refractivity contribution in [3.63, 3.8) is 0 Å². The van der Waals surface area contributed by atoms with Crippen LogP contribution in [0.4, 0.5) is 0 Å². The van der Waals surface area contributed by atoms with Gasteiger partial charge >= 0.3 is 35.0 Å². The Bertz CT molecular complexity index is 891. The van der Waals surface area contributed by atoms with Crippen molar-refractivity contribution in [1.29, 1.82) is 0 Å². The van der Waals surface area contributed by atoms with E-state index in [2.05, 4.69) is 0 Å². The minimum absolute atomic E-state index is 0.0392. The number of carboxylic acids is 3. The zero-order chi connectivity index (χ0) is 22.7. The van der Waals surface area contributed by atoms with Gasteiger partial charge < -0.3 is 15.3 Å². The first-order valence-electron chi connectivity index (χ1n) is 8.78. The number of carbonyl (C=O) groups is 3. The average Bonchev–Trinajstić information content (AvgIpc) is 2.65. The second-order valence-electron chi connectivity index (χ2n) is 5.89. The highest BCUT2D eigenvalue weighted by Gasteiger charge is 2.14. The molecule has 3 N–H and O–H groups in total. The molecule has 12 nitrogen and oxygen atoms in total. The van der Waals surface area contributed by atoms with Crippen molar-refractivity contribution in [1.82, 2.24) is 13.7 Å². The van der Waals surface area contributed by atoms with Gasteiger partial charge in [0.15, 0.2) is 0 Å². The summed E-state index contributed by atoms with van der Waals surface area (Å²) in [5.74, 6) is -3.58. The van der Waals surface area contributed by atoms with E-state index in [9.17, 15) is 28.8 Å². The van der Waals surface area contributed by atoms with Crippen molar-refractivity contribution in [3.05, 3.63) is 67.9 Å². The number of carboxylic acid groups (broad SMARTS) is 3. The lowest BCUT2D eigenvalue weighted by molar-refractivity contribution is -0.132. The maximum atomic E-state index is 12.6. The molecule has 0 fully saturated rings. The van der Waals surface area contributed by atoms with Crippen LogP contribution in [0.2, 0.25) is 0 Å². The Morgan fingerprint density at radius 2 is 0.800 bits per heavy atom. The average molecular weight is 423 g/mol. The van der Waals surface area contributed by atoms with Crippen molar-refractivity contribution >= 4 is 17.9 Å². The Morgan fingerprint density at radius 1 is 0.567 bits per heavy atom. The van der Waals surface area contributed by atoms with Gasteiger partial charge in [0, 0.05) is 37.9 Å². The molecule has 0 aliphatic rings. The van der Waals surface area contributed by atoms with Crippen LogP contribution in [-0.2, 0) is 34.0 Å². The molecule has 1 aromatic heterocycles. The largest absolute Gasteiger partial charge is 0.478 e. The highest BCUT2D eigenvalue weighted by molar-refractivity contribution is 5.80. The third-order valence-corrected chi connectivity index (χ3v) is 3.72. The van der Waals surface area contributed by atoms with Gasteiger partial charge in [-0.15, -0.1) is 0 Å². The minimum atomic E-state index is -1.19. The van der Waals surface area contributed by atoms with Gasteiger partial charge in [-0.2, -0.15) is 0 Å². The van der Waals surface area contributed by atoms with Crippen LogP contribution in [0.25, 0.3) is 0 Å². The molecule has 30 heavy (non-hydrogen) atoms. The van der Waals surface area contributed by atoms with Crippen LogP contribution in [0, 0.1) is 0 Å². The summed E-state index contributed by atoms with van der Waals surface area (Å²) in [4.78, 5) is 69.3. The first-order chi connectivity index (χ1) is 14.1. The molecule has 0 radical (unpaired) electrons. The molecule has 0 aliphatic carbocycles. The number of hydrogen-bond acceptors (Lipinski definition) is 6. The van der Waals surface area contributed by atoms with E-state index in [0.717, 1.165) is 31.9 Å². The van der Waals surface area contributed by atoms with Crippen LogP contribution in [0.5, 0.6) is 0 Å². The van der Waals surface area contributed by atoms with Crippen molar-refractivity contribution in [2.24, 2.45) is 0 Å². The summed E-state index contributed by atoms with van der Waals surface area (Å²) >= 11 is 0. The predicted molar refractivity (Wildman–Crippen MR) is 103 cm³/mol. The molecular weight excluding hydrogens is 402 g/mol. The monoisotopic (exact) mass is 423 g/mol. The summed E-state index contributed by atoms with van der Waals surface area (Å²) in [6.07, 6.45) is 6.43. The molecule has 0 unspecified atom stereocenters. The second-order valence-corrected chi connectivity index (χ2v) is 5.89. The fraction of sp³-hybridized carbons (Fsp3) is 0.333. The van der Waals surface area contributed by atoms with Crippen molar-refractivity contribution in [2.75, 3.05) is 0 Å². The minimum Gasteiger partial charge on any atom is -0.478 e. The maximum Gasteiger partial charge on any atom is 0.336 e. The molecular formula is C18H21N3O9. The van der Waals surface area contributed by atoms with Gasteiger partial charge in [-0.05, 0) is 19.3 Å². The third kappa shape index (κ3) is 7.58. The Hall–Kier alpha value is -3.96. The van der Waals surface area contributed by atoms with Crippen LogP contribution >= 0.6 is 0 Å². The molecule has 0 atom stereocenters. The number of rotatable bonds is 12. The fourth-order valence-corrected chi connectivity index (χ4v) is 2.42. The van der Waals surface area contributed by atoms with E-state index in [-0.39, 0.29) is 38.9 Å². The summed E-state index contributed by atoms with van der Waals surface area (Å²) in [7, 11) is 0. The van der Waals surface area contributed by atoms with E-state index in [1.807, 2.05) is 0 Å². The van der Waals surface area contributed by atoms with Crippen LogP contribution in [0.15, 0.2) is 50.8 Å². The van der Waals surface area contributed by atoms with Crippen LogP contribution in [0.1, 0.15) is 19.3 Å². The van der Waals surface area contributed by atoms with Gasteiger partial charge in [-0.25, -0.2) is 42.5 Å². The number of nitrogens with zero attached hydrogens (tertiary/aromatic N) is 3. The lowest BCUT2D eigenvalue weighted by Gasteiger charge is -2.12. The predicted octanol–water partition coefficient (Wildman–Crippen LogP) is -0.736. The van der Waals surface area contributed by atoms with Gasteiger partial charge in [0.2, 0.25) is 0 Å². The summed E-state index contributed by atoms with van der Waals surface area (Å²) in [5.41, 5.74) is -2.72. The maximum absolute atomic E-state index is 12.6. The van der Waals surface area contributed by atoms with E-state index in [1.165, 1.54) is 18.2 Å². The Labute approximate surface area is 168 Å². The number of allylic oxidation sites excluding steroid dienone is 3. The zero-order valence-electron chi connectivity index (χ0n) is 15.8. The fourth-order valence-electron chi connectivity index (χ4n) is 2.42. The van der Waals surface area contributed by atoms with E-state index in [4.69, 9.17) is 15.3 Å². The number of aliphatic carboxylic acids is 3. The van der Waals surface area contributed by atoms with Gasteiger partial charge in [-0.1, -0.05) is 18.2 Å². The summed E-state index contributed by atoms with van der Waals surface area (Å²) in [6.45, 7) is -0.549. The molecule has 0 saturated carbocycles. The Balaban J connectivity index is 3.29. The molecule has 162 valence electrons. The molecule has 1 aromatic rings. The summed E-state index contributed by atoms with van der Waals surface area (Å²) in [6, 6.07) is 0. The van der Waals surface area contributed by atoms with Gasteiger partial charge in [0.1, 0.15) is 0 Å². The van der Waals surface area contributed by atoms with E-state index >= 15 is 0 Å². The van der Waals surface area contributed by atoms with Crippen LogP contribution in [0.3, 0.4) is 0 Å². The smallest absolute Gasteiger partial charge is 0.336 e. The molecule has 0 spiro atoms. The van der Waals surface area contributed by atoms with E-state index < -0.39 is 35.0 Å². The van der Waals surface area contributed by atoms with Crippen molar-refractivity contribution in [2.45, 2.75) is 38.9 Å². The molecule has 0 bridgehead atoms. The number of aromatic nitrogens is 3. The summed E-state index contributed by atoms with van der Waals surface area (Å²) < 4.78 is 2.32. The first kappa shape index (κ1) is 24.1. The zero-order valence-corrected chi connectivity index (χ0v) is 15.8. The van der Waals surface area contributed by atoms with Gasteiger partial charge in [0.05, 0.1) is 0 Å². The topological polar surface area (TPSA) is 178 Å². The van der Waals surface area contributed by atoms with E-state index in [1.54, 1.807) is 0 Å². The number of hydrogen-bond donors (Lipinski definition) is 3. The molecule has 0 aromatic carbocycles. The van der Waals surface area contributed by atoms with Gasteiger partial charge in [-0.3, -0.25) is 0 Å². The molecule has 1 rings (SSSR count). The lowest BCUT2D eigenvalue weighted by atomic mass is 10.3. The van der Waals surface area contributed by atoms with Crippen LogP contribution in [-0.4, -0.2) is 46.9 Å². The molecule has 12 heteroatoms. The van der Waals surface area contributed by atoms with E-state index in [0.29, 0.717) is 0 Å². The first-order valence-corrected chi connectivity index (χ1v) is 8.78. The quantitative estimate of drug-likeness (QED) is 0.365. The Kier molecular flexibility index (Phi) is 9.46. The molecule has 0 amide bonds. The summed E-state index contributed by atoms with van der Waals surface area (Å²) in [5, 5.41) is 25.8. The van der Waals surface area contributed by atoms with Gasteiger partial charge in [0.25, 0.3) is 0 Å². The third-order valence-electron chi connectivity index (χ3n) is 3.72. The lowest BCUT2D eigenvalue weighted by Crippen LogP contribution is -2.54. The SMILES string of the molecule is O=C(O)C=CCCn1c(=O)n(CCC=CC(=O)O)c(=O)n(CCC=CC(=O)O)c1=O. The van der Waals surface area contributed by atoms with Crippen molar-refractivity contribution < 1.29 is 29.7 Å². The molecule has 0 saturated heterocycles. The normalized spacial score (nSPS) is 11.6. The highest BCUT2D eigenvalue weighted by Crippen LogP contribution is 1.91. The standard InChI is InChI=1S/C18H21N3O9/c22-13(23)7-1-4-10-19-16(28)20(11-5-2-8-14(24)25)18(30)21(17(19)29)12-6-3-9-15(26)27/h1-3,7-9H,4-6,10-12H2,(H,22,23)(H,24,25)(H,26,27). The molecule has 0 aliphatic heterocycles. The Morgan fingerprint density at radius 3 is 1.00 bits per heavy atom. The second kappa shape index (κ2) is 11.8. The van der Waals surface area contributed by atoms with Crippen LogP contribution < -0.4 is 17.1 Å². The highest BCUT2D eigenvalue weighted by atomic mass is 16.4. The van der Waals surface area contributed by atoms with Crippen molar-refractivity contribution in [3.8, 4) is 0 Å². The molecule has 1 heterocycles.